The minimum absolute atomic E-state index is 1.07. The van der Waals surface area contributed by atoms with Crippen LogP contribution in [0.15, 0.2) is 0 Å². The Morgan fingerprint density at radius 3 is 1.72 bits per heavy atom. The maximum absolute atomic E-state index is 12.0. The lowest BCUT2D eigenvalue weighted by molar-refractivity contribution is -0.274. The van der Waals surface area contributed by atoms with Crippen LogP contribution in [0.25, 0.3) is 0 Å². The van der Waals surface area contributed by atoms with Gasteiger partial charge in [-0.25, -0.2) is 4.79 Å². The van der Waals surface area contributed by atoms with Crippen molar-refractivity contribution >= 4 is 11.9 Å². The van der Waals surface area contributed by atoms with E-state index in [1.807, 2.05) is 0 Å². The Balaban J connectivity index is 4.76. The van der Waals surface area contributed by atoms with Crippen LogP contribution in [0.3, 0.4) is 0 Å². The van der Waals surface area contributed by atoms with Crippen LogP contribution >= 0.6 is 0 Å². The number of hydrogen-bond donors (Lipinski definition) is 3. The highest BCUT2D eigenvalue weighted by Gasteiger charge is 2.61. The number of aliphatic carboxylic acids is 1. The molecule has 0 aromatic heterocycles. The monoisotopic (exact) mass is 283 g/mol. The van der Waals surface area contributed by atoms with Gasteiger partial charge in [0.15, 0.2) is 6.10 Å². The largest absolute Gasteiger partial charge is 0.479 e. The van der Waals surface area contributed by atoms with Gasteiger partial charge >= 0.3 is 18.3 Å². The third-order valence-electron chi connectivity index (χ3n) is 1.67. The minimum atomic E-state index is -5.86. The van der Waals surface area contributed by atoms with Crippen LogP contribution in [0.2, 0.25) is 0 Å². The van der Waals surface area contributed by atoms with Crippen molar-refractivity contribution in [3.05, 3.63) is 0 Å². The fourth-order valence-electron chi connectivity index (χ4n) is 0.870. The van der Waals surface area contributed by atoms with Crippen molar-refractivity contribution in [2.24, 2.45) is 5.92 Å². The molecule has 0 heterocycles. The van der Waals surface area contributed by atoms with Gasteiger partial charge in [0.1, 0.15) is 0 Å². The summed E-state index contributed by atoms with van der Waals surface area (Å²) in [6.45, 7) is -1.27. The first-order valence-corrected chi connectivity index (χ1v) is 4.19. The molecule has 0 aliphatic rings. The van der Waals surface area contributed by atoms with E-state index in [0.29, 0.717) is 0 Å². The number of halogens is 6. The maximum atomic E-state index is 12.0. The number of rotatable bonds is 4. The summed E-state index contributed by atoms with van der Waals surface area (Å²) < 4.78 is 71.9. The van der Waals surface area contributed by atoms with E-state index in [0.717, 1.165) is 5.32 Å². The first-order chi connectivity index (χ1) is 7.87. The molecule has 0 saturated heterocycles. The van der Waals surface area contributed by atoms with Crippen molar-refractivity contribution in [3.8, 4) is 0 Å². The predicted octanol–water partition coefficient (Wildman–Crippen LogP) is 0.289. The number of carboxylic acids is 1. The molecule has 0 aliphatic carbocycles. The van der Waals surface area contributed by atoms with Crippen molar-refractivity contribution in [1.82, 2.24) is 5.32 Å². The van der Waals surface area contributed by atoms with Crippen molar-refractivity contribution in [1.29, 1.82) is 0 Å². The van der Waals surface area contributed by atoms with Crippen molar-refractivity contribution in [3.63, 3.8) is 0 Å². The molecule has 0 aromatic rings. The first kappa shape index (κ1) is 16.5. The third kappa shape index (κ3) is 4.77. The number of aliphatic hydroxyl groups is 1. The standard InChI is InChI=1S/C7H7F6NO4/c8-6(9,10)3(7(11,12)13)4(16)14-1-2(15)5(17)18/h2-3,15H,1H2,(H,14,16)(H,17,18). The maximum Gasteiger partial charge on any atom is 0.409 e. The number of alkyl halides is 6. The van der Waals surface area contributed by atoms with Crippen LogP contribution in [0.1, 0.15) is 0 Å². The van der Waals surface area contributed by atoms with Crippen LogP contribution in [0.4, 0.5) is 26.3 Å². The molecule has 0 aromatic carbocycles. The second-order valence-electron chi connectivity index (χ2n) is 3.12. The van der Waals surface area contributed by atoms with Crippen molar-refractivity contribution < 1.29 is 46.1 Å². The SMILES string of the molecule is O=C(O)C(O)CNC(=O)C(C(F)(F)F)C(F)(F)F. The summed E-state index contributed by atoms with van der Waals surface area (Å²) in [5, 5.41) is 17.8. The lowest BCUT2D eigenvalue weighted by Gasteiger charge is -2.22. The fraction of sp³-hybridized carbons (Fsp3) is 0.714. The van der Waals surface area contributed by atoms with Gasteiger partial charge in [0, 0.05) is 0 Å². The van der Waals surface area contributed by atoms with E-state index >= 15 is 0 Å². The average Bonchev–Trinajstić information content (AvgIpc) is 2.08. The number of aliphatic hydroxyl groups excluding tert-OH is 1. The molecule has 5 nitrogen and oxygen atoms in total. The molecule has 0 spiro atoms. The molecular weight excluding hydrogens is 276 g/mol. The summed E-state index contributed by atoms with van der Waals surface area (Å²) in [4.78, 5) is 20.7. The van der Waals surface area contributed by atoms with Gasteiger partial charge in [0.05, 0.1) is 6.54 Å². The zero-order chi connectivity index (χ0) is 14.7. The first-order valence-electron chi connectivity index (χ1n) is 4.19. The Kier molecular flexibility index (Phi) is 4.96. The van der Waals surface area contributed by atoms with Crippen LogP contribution in [-0.2, 0) is 9.59 Å². The molecule has 0 aliphatic heterocycles. The quantitative estimate of drug-likeness (QED) is 0.647. The molecule has 0 radical (unpaired) electrons. The Labute approximate surface area is 95.4 Å². The van der Waals surface area contributed by atoms with E-state index in [4.69, 9.17) is 10.2 Å². The molecule has 1 unspecified atom stereocenters. The summed E-state index contributed by atoms with van der Waals surface area (Å²) in [5.74, 6) is -8.65. The van der Waals surface area contributed by atoms with Gasteiger partial charge in [-0.1, -0.05) is 0 Å². The number of nitrogens with one attached hydrogen (secondary N) is 1. The Morgan fingerprint density at radius 2 is 1.44 bits per heavy atom. The molecule has 0 rings (SSSR count). The van der Waals surface area contributed by atoms with Gasteiger partial charge in [-0.15, -0.1) is 0 Å². The zero-order valence-corrected chi connectivity index (χ0v) is 8.34. The van der Waals surface area contributed by atoms with E-state index in [1.165, 1.54) is 0 Å². The summed E-state index contributed by atoms with van der Waals surface area (Å²) in [7, 11) is 0. The summed E-state index contributed by atoms with van der Waals surface area (Å²) in [5.41, 5.74) is 0. The minimum Gasteiger partial charge on any atom is -0.479 e. The number of hydrogen-bond acceptors (Lipinski definition) is 3. The van der Waals surface area contributed by atoms with Gasteiger partial charge in [0.2, 0.25) is 11.8 Å². The van der Waals surface area contributed by atoms with E-state index < -0.39 is 42.8 Å². The molecule has 1 amide bonds. The number of carboxylic acid groups (broad SMARTS) is 1. The number of amides is 1. The topological polar surface area (TPSA) is 86.6 Å². The lowest BCUT2D eigenvalue weighted by Crippen LogP contribution is -2.50. The molecule has 106 valence electrons. The number of carbonyl (C=O) groups excluding carboxylic acids is 1. The average molecular weight is 283 g/mol. The summed E-state index contributed by atoms with van der Waals surface area (Å²) in [6, 6.07) is 0. The molecule has 1 atom stereocenters. The zero-order valence-electron chi connectivity index (χ0n) is 8.34. The molecular formula is C7H7F6NO4. The summed E-state index contributed by atoms with van der Waals surface area (Å²) in [6.07, 6.45) is -14.0. The second-order valence-corrected chi connectivity index (χ2v) is 3.12. The Morgan fingerprint density at radius 1 is 1.06 bits per heavy atom. The molecule has 11 heteroatoms. The van der Waals surface area contributed by atoms with Crippen LogP contribution < -0.4 is 5.32 Å². The van der Waals surface area contributed by atoms with Gasteiger partial charge in [0.25, 0.3) is 0 Å². The second kappa shape index (κ2) is 5.42. The lowest BCUT2D eigenvalue weighted by atomic mass is 10.1. The molecule has 3 N–H and O–H groups in total. The van der Waals surface area contributed by atoms with Crippen molar-refractivity contribution in [2.75, 3.05) is 6.54 Å². The van der Waals surface area contributed by atoms with Gasteiger partial charge in [-0.3, -0.25) is 4.79 Å². The normalized spacial score (nSPS) is 14.4. The Bertz CT molecular complexity index is 311. The van der Waals surface area contributed by atoms with Gasteiger partial charge < -0.3 is 15.5 Å². The molecule has 0 saturated carbocycles. The van der Waals surface area contributed by atoms with E-state index in [1.54, 1.807) is 0 Å². The third-order valence-corrected chi connectivity index (χ3v) is 1.67. The highest BCUT2D eigenvalue weighted by molar-refractivity contribution is 5.81. The van der Waals surface area contributed by atoms with Gasteiger partial charge in [-0.2, -0.15) is 26.3 Å². The van der Waals surface area contributed by atoms with E-state index in [9.17, 15) is 35.9 Å². The van der Waals surface area contributed by atoms with E-state index in [-0.39, 0.29) is 0 Å². The predicted molar refractivity (Wildman–Crippen MR) is 42.3 cm³/mol. The molecule has 18 heavy (non-hydrogen) atoms. The number of carbonyl (C=O) groups is 2. The van der Waals surface area contributed by atoms with Crippen molar-refractivity contribution in [2.45, 2.75) is 18.5 Å². The highest BCUT2D eigenvalue weighted by atomic mass is 19.4. The van der Waals surface area contributed by atoms with Crippen LogP contribution in [0, 0.1) is 5.92 Å². The van der Waals surface area contributed by atoms with Crippen LogP contribution in [0.5, 0.6) is 0 Å². The van der Waals surface area contributed by atoms with Crippen LogP contribution in [-0.4, -0.2) is 47.1 Å². The fourth-order valence-corrected chi connectivity index (χ4v) is 0.870. The molecule has 0 fully saturated rings. The smallest absolute Gasteiger partial charge is 0.409 e. The molecule has 0 bridgehead atoms. The Hall–Kier alpha value is -1.52. The van der Waals surface area contributed by atoms with Gasteiger partial charge in [-0.05, 0) is 0 Å². The highest BCUT2D eigenvalue weighted by Crippen LogP contribution is 2.39. The van der Waals surface area contributed by atoms with E-state index in [2.05, 4.69) is 0 Å². The summed E-state index contributed by atoms with van der Waals surface area (Å²) >= 11 is 0.